The largest absolute Gasteiger partial charge is 0.447 e. The van der Waals surface area contributed by atoms with Crippen molar-refractivity contribution in [1.82, 2.24) is 4.90 Å². The van der Waals surface area contributed by atoms with Gasteiger partial charge in [-0.25, -0.2) is 4.79 Å². The van der Waals surface area contributed by atoms with Gasteiger partial charge >= 0.3 is 6.09 Å². The van der Waals surface area contributed by atoms with Crippen LogP contribution in [0.4, 0.5) is 4.79 Å². The van der Waals surface area contributed by atoms with E-state index in [-0.39, 0.29) is 18.9 Å². The van der Waals surface area contributed by atoms with E-state index in [4.69, 9.17) is 33.2 Å². The summed E-state index contributed by atoms with van der Waals surface area (Å²) in [7, 11) is 0. The lowest BCUT2D eigenvalue weighted by atomic mass is 10.1. The van der Waals surface area contributed by atoms with E-state index >= 15 is 0 Å². The van der Waals surface area contributed by atoms with Crippen LogP contribution in [0.3, 0.4) is 0 Å². The molecule has 4 aliphatic heterocycles. The molecule has 4 aliphatic rings. The molecule has 0 aromatic carbocycles. The van der Waals surface area contributed by atoms with Crippen molar-refractivity contribution in [2.24, 2.45) is 0 Å². The number of nitrogens with zero attached hydrogens (tertiary/aromatic N) is 1. The second kappa shape index (κ2) is 6.04. The van der Waals surface area contributed by atoms with E-state index in [1.807, 2.05) is 27.7 Å². The maximum absolute atomic E-state index is 11.6. The van der Waals surface area contributed by atoms with E-state index in [2.05, 4.69) is 0 Å². The van der Waals surface area contributed by atoms with Gasteiger partial charge in [-0.15, -0.1) is 0 Å². The lowest BCUT2D eigenvalue weighted by molar-refractivity contribution is -0.237. The van der Waals surface area contributed by atoms with Crippen LogP contribution in [0, 0.1) is 0 Å². The second-order valence-corrected chi connectivity index (χ2v) is 7.57. The van der Waals surface area contributed by atoms with Crippen molar-refractivity contribution in [2.45, 2.75) is 70.0 Å². The quantitative estimate of drug-likeness (QED) is 0.729. The summed E-state index contributed by atoms with van der Waals surface area (Å²) in [6.45, 7) is 8.75. The summed E-state index contributed by atoms with van der Waals surface area (Å²) in [5.41, 5.74) is 0. The zero-order valence-corrected chi connectivity index (χ0v) is 14.9. The van der Waals surface area contributed by atoms with Gasteiger partial charge < -0.3 is 33.2 Å². The Hall–Kier alpha value is -0.970. The van der Waals surface area contributed by atoms with Crippen LogP contribution in [0.25, 0.3) is 0 Å². The number of amides is 1. The minimum Gasteiger partial charge on any atom is -0.447 e. The Labute approximate surface area is 146 Å². The molecule has 142 valence electrons. The molecule has 0 spiro atoms. The fraction of sp³-hybridized carbons (Fsp3) is 0.938. The van der Waals surface area contributed by atoms with Gasteiger partial charge in [0.25, 0.3) is 0 Å². The van der Waals surface area contributed by atoms with Gasteiger partial charge in [0.05, 0.1) is 13.2 Å². The van der Waals surface area contributed by atoms with E-state index < -0.39 is 36.2 Å². The maximum atomic E-state index is 11.6. The zero-order valence-electron chi connectivity index (χ0n) is 14.9. The van der Waals surface area contributed by atoms with Gasteiger partial charge in [0.2, 0.25) is 0 Å². The molecule has 9 heteroatoms. The predicted octanol–water partition coefficient (Wildman–Crippen LogP) is 0.809. The van der Waals surface area contributed by atoms with Gasteiger partial charge in [0, 0.05) is 0 Å². The van der Waals surface area contributed by atoms with Crippen molar-refractivity contribution < 1.29 is 38.0 Å². The Balaban J connectivity index is 1.47. The SMILES string of the molecule is CC1(C)O[C@H]2O[C@H]([C@H]3COC(C)(C)O3)[C@H](OCN3CCOC3=O)[C@H]2O1. The predicted molar refractivity (Wildman–Crippen MR) is 81.4 cm³/mol. The molecule has 0 aliphatic carbocycles. The molecule has 0 radical (unpaired) electrons. The number of carbonyl (C=O) groups excluding carboxylic acids is 1. The van der Waals surface area contributed by atoms with Crippen molar-refractivity contribution in [3.8, 4) is 0 Å². The van der Waals surface area contributed by atoms with Crippen molar-refractivity contribution in [3.05, 3.63) is 0 Å². The number of cyclic esters (lactones) is 1. The van der Waals surface area contributed by atoms with Gasteiger partial charge in [0.15, 0.2) is 17.9 Å². The first-order valence-corrected chi connectivity index (χ1v) is 8.60. The van der Waals surface area contributed by atoms with Crippen LogP contribution < -0.4 is 0 Å². The number of fused-ring (bicyclic) bond motifs is 1. The standard InChI is InChI=1S/C16H25NO8/c1-15(2)21-7-9(23-15)10-11(20-8-17-5-6-19-14(17)18)12-13(22-10)25-16(3,4)24-12/h9-13H,5-8H2,1-4H3/t9-,10-,11+,12-,13-/m1/s1. The van der Waals surface area contributed by atoms with E-state index in [1.54, 1.807) is 0 Å². The van der Waals surface area contributed by atoms with Gasteiger partial charge in [-0.05, 0) is 27.7 Å². The van der Waals surface area contributed by atoms with Crippen molar-refractivity contribution in [3.63, 3.8) is 0 Å². The minimum absolute atomic E-state index is 0.105. The summed E-state index contributed by atoms with van der Waals surface area (Å²) in [5, 5.41) is 0. The molecular weight excluding hydrogens is 334 g/mol. The molecule has 0 N–H and O–H groups in total. The van der Waals surface area contributed by atoms with Gasteiger partial charge in [-0.2, -0.15) is 0 Å². The van der Waals surface area contributed by atoms with E-state index in [0.29, 0.717) is 19.8 Å². The number of ether oxygens (including phenoxy) is 7. The average Bonchev–Trinajstić information content (AvgIpc) is 3.21. The monoisotopic (exact) mass is 359 g/mol. The second-order valence-electron chi connectivity index (χ2n) is 7.57. The molecule has 0 unspecified atom stereocenters. The number of hydrogen-bond acceptors (Lipinski definition) is 8. The zero-order chi connectivity index (χ0) is 17.8. The molecule has 4 rings (SSSR count). The van der Waals surface area contributed by atoms with Crippen LogP contribution in [0.2, 0.25) is 0 Å². The molecule has 0 aromatic rings. The molecule has 5 atom stereocenters. The summed E-state index contributed by atoms with van der Waals surface area (Å²) in [6, 6.07) is 0. The maximum Gasteiger partial charge on any atom is 0.411 e. The summed E-state index contributed by atoms with van der Waals surface area (Å²) in [5.74, 6) is -1.42. The van der Waals surface area contributed by atoms with Gasteiger partial charge in [-0.3, -0.25) is 4.90 Å². The molecule has 4 fully saturated rings. The molecule has 9 nitrogen and oxygen atoms in total. The average molecular weight is 359 g/mol. The Kier molecular flexibility index (Phi) is 4.21. The van der Waals surface area contributed by atoms with Gasteiger partial charge in [-0.1, -0.05) is 0 Å². The third kappa shape index (κ3) is 3.36. The lowest BCUT2D eigenvalue weighted by Gasteiger charge is -2.29. The Morgan fingerprint density at radius 1 is 1.12 bits per heavy atom. The Bertz CT molecular complexity index is 538. The molecule has 25 heavy (non-hydrogen) atoms. The Morgan fingerprint density at radius 2 is 1.92 bits per heavy atom. The highest BCUT2D eigenvalue weighted by molar-refractivity contribution is 5.69. The highest BCUT2D eigenvalue weighted by Crippen LogP contribution is 2.41. The fourth-order valence-corrected chi connectivity index (χ4v) is 3.59. The topological polar surface area (TPSA) is 84.9 Å². The van der Waals surface area contributed by atoms with E-state index in [1.165, 1.54) is 4.90 Å². The fourth-order valence-electron chi connectivity index (χ4n) is 3.59. The normalized spacial score (nSPS) is 42.0. The third-order valence-electron chi connectivity index (χ3n) is 4.69. The first-order chi connectivity index (χ1) is 11.7. The summed E-state index contributed by atoms with van der Waals surface area (Å²) in [6.07, 6.45) is -2.47. The van der Waals surface area contributed by atoms with Crippen LogP contribution >= 0.6 is 0 Å². The molecule has 4 saturated heterocycles. The van der Waals surface area contributed by atoms with Crippen LogP contribution in [-0.2, 0) is 33.2 Å². The molecule has 0 aromatic heterocycles. The Morgan fingerprint density at radius 3 is 2.56 bits per heavy atom. The first kappa shape index (κ1) is 17.4. The van der Waals surface area contributed by atoms with Crippen LogP contribution in [0.1, 0.15) is 27.7 Å². The molecule has 4 heterocycles. The number of carbonyl (C=O) groups is 1. The molecule has 0 saturated carbocycles. The minimum atomic E-state index is -0.749. The number of rotatable bonds is 4. The van der Waals surface area contributed by atoms with Crippen LogP contribution in [0.15, 0.2) is 0 Å². The van der Waals surface area contributed by atoms with Crippen molar-refractivity contribution in [1.29, 1.82) is 0 Å². The summed E-state index contributed by atoms with van der Waals surface area (Å²) in [4.78, 5) is 13.1. The smallest absolute Gasteiger partial charge is 0.411 e. The lowest BCUT2D eigenvalue weighted by Crippen LogP contribution is -2.46. The molecular formula is C16H25NO8. The van der Waals surface area contributed by atoms with Crippen molar-refractivity contribution >= 4 is 6.09 Å². The van der Waals surface area contributed by atoms with Crippen LogP contribution in [0.5, 0.6) is 0 Å². The molecule has 1 amide bonds. The first-order valence-electron chi connectivity index (χ1n) is 8.60. The van der Waals surface area contributed by atoms with E-state index in [9.17, 15) is 4.79 Å². The molecule has 0 bridgehead atoms. The van der Waals surface area contributed by atoms with Crippen molar-refractivity contribution in [2.75, 3.05) is 26.5 Å². The highest BCUT2D eigenvalue weighted by Gasteiger charge is 2.59. The number of hydrogen-bond donors (Lipinski definition) is 0. The summed E-state index contributed by atoms with van der Waals surface area (Å²) >= 11 is 0. The van der Waals surface area contributed by atoms with Gasteiger partial charge in [0.1, 0.15) is 37.8 Å². The third-order valence-corrected chi connectivity index (χ3v) is 4.69. The summed E-state index contributed by atoms with van der Waals surface area (Å²) < 4.78 is 40.3. The van der Waals surface area contributed by atoms with E-state index in [0.717, 1.165) is 0 Å². The van der Waals surface area contributed by atoms with Crippen LogP contribution in [-0.4, -0.2) is 79.8 Å². The highest BCUT2D eigenvalue weighted by atomic mass is 16.8.